The Balaban J connectivity index is 2.44. The highest BCUT2D eigenvalue weighted by Crippen LogP contribution is 2.30. The molecule has 20 heavy (non-hydrogen) atoms. The highest BCUT2D eigenvalue weighted by molar-refractivity contribution is 6.09. The molecule has 0 aliphatic heterocycles. The van der Waals surface area contributed by atoms with Crippen molar-refractivity contribution in [1.29, 1.82) is 0 Å². The number of hydrogen-bond acceptors (Lipinski definition) is 1. The molecule has 0 spiro atoms. The molecule has 2 rings (SSSR count). The number of alkyl halides is 3. The van der Waals surface area contributed by atoms with Crippen LogP contribution < -0.4 is 0 Å². The van der Waals surface area contributed by atoms with Gasteiger partial charge in [0, 0.05) is 5.56 Å². The molecule has 0 radical (unpaired) electrons. The molecule has 2 aromatic rings. The Hall–Kier alpha value is -2.17. The zero-order chi connectivity index (χ0) is 14.9. The predicted octanol–water partition coefficient (Wildman–Crippen LogP) is 4.38. The first-order valence-electron chi connectivity index (χ1n) is 5.77. The molecule has 5 heteroatoms. The van der Waals surface area contributed by atoms with Crippen molar-refractivity contribution in [2.45, 2.75) is 13.1 Å². The average Bonchev–Trinajstić information content (AvgIpc) is 2.37. The van der Waals surface area contributed by atoms with Crippen LogP contribution in [0.5, 0.6) is 0 Å². The number of carbonyl (C=O) groups excluding carboxylic acids is 1. The van der Waals surface area contributed by atoms with E-state index in [-0.39, 0.29) is 11.1 Å². The van der Waals surface area contributed by atoms with Gasteiger partial charge in [0.25, 0.3) is 0 Å². The molecule has 2 aromatic carbocycles. The summed E-state index contributed by atoms with van der Waals surface area (Å²) in [7, 11) is 0. The lowest BCUT2D eigenvalue weighted by molar-refractivity contribution is -0.137. The van der Waals surface area contributed by atoms with Crippen molar-refractivity contribution in [1.82, 2.24) is 0 Å². The molecule has 0 aliphatic carbocycles. The van der Waals surface area contributed by atoms with Crippen LogP contribution in [0.1, 0.15) is 27.0 Å². The minimum absolute atomic E-state index is 0.192. The summed E-state index contributed by atoms with van der Waals surface area (Å²) in [5.41, 5.74) is -0.739. The van der Waals surface area contributed by atoms with Crippen molar-refractivity contribution in [2.75, 3.05) is 0 Å². The van der Waals surface area contributed by atoms with E-state index in [0.717, 1.165) is 18.2 Å². The van der Waals surface area contributed by atoms with E-state index in [2.05, 4.69) is 0 Å². The lowest BCUT2D eigenvalue weighted by Gasteiger charge is -2.08. The summed E-state index contributed by atoms with van der Waals surface area (Å²) in [6.45, 7) is 1.65. The van der Waals surface area contributed by atoms with Gasteiger partial charge in [-0.1, -0.05) is 18.2 Å². The number of carbonyl (C=O) groups is 1. The minimum atomic E-state index is -4.54. The van der Waals surface area contributed by atoms with Crippen LogP contribution in [0.4, 0.5) is 17.6 Å². The van der Waals surface area contributed by atoms with Crippen LogP contribution >= 0.6 is 0 Å². The third kappa shape index (κ3) is 2.87. The number of aryl methyl sites for hydroxylation is 1. The summed E-state index contributed by atoms with van der Waals surface area (Å²) >= 11 is 0. The summed E-state index contributed by atoms with van der Waals surface area (Å²) < 4.78 is 51.4. The van der Waals surface area contributed by atoms with Gasteiger partial charge in [-0.15, -0.1) is 0 Å². The fourth-order valence-corrected chi connectivity index (χ4v) is 1.80. The first kappa shape index (κ1) is 14.2. The van der Waals surface area contributed by atoms with Gasteiger partial charge in [-0.05, 0) is 36.8 Å². The van der Waals surface area contributed by atoms with Crippen molar-refractivity contribution in [3.05, 3.63) is 70.5 Å². The predicted molar refractivity (Wildman–Crippen MR) is 66.0 cm³/mol. The summed E-state index contributed by atoms with van der Waals surface area (Å²) in [4.78, 5) is 12.1. The van der Waals surface area contributed by atoms with Gasteiger partial charge in [-0.25, -0.2) is 4.39 Å². The van der Waals surface area contributed by atoms with Crippen molar-refractivity contribution in [3.8, 4) is 0 Å². The van der Waals surface area contributed by atoms with Crippen LogP contribution in [0, 0.1) is 12.7 Å². The second-order valence-electron chi connectivity index (χ2n) is 4.39. The second-order valence-corrected chi connectivity index (χ2v) is 4.39. The zero-order valence-corrected chi connectivity index (χ0v) is 10.5. The number of halogens is 4. The molecular formula is C15H10F4O. The van der Waals surface area contributed by atoms with E-state index >= 15 is 0 Å². The molecule has 0 atom stereocenters. The summed E-state index contributed by atoms with van der Waals surface area (Å²) in [5, 5.41) is 0. The van der Waals surface area contributed by atoms with Gasteiger partial charge >= 0.3 is 6.18 Å². The van der Waals surface area contributed by atoms with Crippen LogP contribution in [0.25, 0.3) is 0 Å². The third-order valence-electron chi connectivity index (χ3n) is 2.82. The number of rotatable bonds is 2. The summed E-state index contributed by atoms with van der Waals surface area (Å²) in [6, 6.07) is 7.92. The largest absolute Gasteiger partial charge is 0.416 e. The van der Waals surface area contributed by atoms with Gasteiger partial charge in [-0.3, -0.25) is 4.79 Å². The lowest BCUT2D eigenvalue weighted by Crippen LogP contribution is -2.09. The van der Waals surface area contributed by atoms with Crippen LogP contribution in [-0.4, -0.2) is 5.78 Å². The maximum absolute atomic E-state index is 13.7. The standard InChI is InChI=1S/C15H10F4O/c1-9-5-6-12(13(16)7-9)14(20)10-3-2-4-11(8-10)15(17,18)19/h2-8H,1H3. The van der Waals surface area contributed by atoms with E-state index in [9.17, 15) is 22.4 Å². The van der Waals surface area contributed by atoms with Gasteiger partial charge < -0.3 is 0 Å². The van der Waals surface area contributed by atoms with Crippen molar-refractivity contribution in [2.24, 2.45) is 0 Å². The molecule has 0 heterocycles. The maximum atomic E-state index is 13.7. The highest BCUT2D eigenvalue weighted by Gasteiger charge is 2.31. The minimum Gasteiger partial charge on any atom is -0.288 e. The van der Waals surface area contributed by atoms with E-state index in [1.165, 1.54) is 24.3 Å². The molecule has 0 fully saturated rings. The van der Waals surface area contributed by atoms with Gasteiger partial charge in [0.15, 0.2) is 5.78 Å². The second kappa shape index (κ2) is 5.07. The van der Waals surface area contributed by atoms with Gasteiger partial charge in [0.05, 0.1) is 11.1 Å². The average molecular weight is 282 g/mol. The molecule has 0 saturated heterocycles. The van der Waals surface area contributed by atoms with Gasteiger partial charge in [-0.2, -0.15) is 13.2 Å². The fraction of sp³-hybridized carbons (Fsp3) is 0.133. The van der Waals surface area contributed by atoms with E-state index in [1.54, 1.807) is 6.92 Å². The van der Waals surface area contributed by atoms with Crippen molar-refractivity contribution < 1.29 is 22.4 Å². The molecule has 0 unspecified atom stereocenters. The van der Waals surface area contributed by atoms with E-state index < -0.39 is 23.3 Å². The first-order valence-corrected chi connectivity index (χ1v) is 5.77. The Labute approximate surface area is 112 Å². The van der Waals surface area contributed by atoms with Crippen molar-refractivity contribution in [3.63, 3.8) is 0 Å². The normalized spacial score (nSPS) is 11.4. The van der Waals surface area contributed by atoms with Crippen LogP contribution in [0.2, 0.25) is 0 Å². The summed E-state index contributed by atoms with van der Waals surface area (Å²) in [6.07, 6.45) is -4.54. The molecule has 0 saturated carbocycles. The molecule has 104 valence electrons. The Bertz CT molecular complexity index is 659. The molecule has 0 N–H and O–H groups in total. The summed E-state index contributed by atoms with van der Waals surface area (Å²) in [5.74, 6) is -1.51. The molecule has 0 amide bonds. The first-order chi connectivity index (χ1) is 9.29. The quantitative estimate of drug-likeness (QED) is 0.590. The Morgan fingerprint density at radius 3 is 2.35 bits per heavy atom. The van der Waals surface area contributed by atoms with E-state index in [4.69, 9.17) is 0 Å². The highest BCUT2D eigenvalue weighted by atomic mass is 19.4. The molecule has 0 bridgehead atoms. The Morgan fingerprint density at radius 1 is 1.05 bits per heavy atom. The van der Waals surface area contributed by atoms with Gasteiger partial charge in [0.1, 0.15) is 5.82 Å². The van der Waals surface area contributed by atoms with Crippen LogP contribution in [0.15, 0.2) is 42.5 Å². The molecule has 1 nitrogen and oxygen atoms in total. The third-order valence-corrected chi connectivity index (χ3v) is 2.82. The zero-order valence-electron chi connectivity index (χ0n) is 10.5. The topological polar surface area (TPSA) is 17.1 Å². The molecule has 0 aliphatic rings. The fourth-order valence-electron chi connectivity index (χ4n) is 1.80. The molecular weight excluding hydrogens is 272 g/mol. The molecule has 0 aromatic heterocycles. The van der Waals surface area contributed by atoms with Crippen LogP contribution in [0.3, 0.4) is 0 Å². The number of hydrogen-bond donors (Lipinski definition) is 0. The van der Waals surface area contributed by atoms with E-state index in [0.29, 0.717) is 5.56 Å². The van der Waals surface area contributed by atoms with Gasteiger partial charge in [0.2, 0.25) is 0 Å². The smallest absolute Gasteiger partial charge is 0.288 e. The van der Waals surface area contributed by atoms with E-state index in [1.807, 2.05) is 0 Å². The Morgan fingerprint density at radius 2 is 1.75 bits per heavy atom. The van der Waals surface area contributed by atoms with Crippen LogP contribution in [-0.2, 0) is 6.18 Å². The number of benzene rings is 2. The monoisotopic (exact) mass is 282 g/mol. The SMILES string of the molecule is Cc1ccc(C(=O)c2cccc(C(F)(F)F)c2)c(F)c1. The lowest BCUT2D eigenvalue weighted by atomic mass is 10.00. The maximum Gasteiger partial charge on any atom is 0.416 e. The Kier molecular flexibility index (Phi) is 3.61. The van der Waals surface area contributed by atoms with Crippen molar-refractivity contribution >= 4 is 5.78 Å². The number of ketones is 1.